The maximum atomic E-state index is 2.67. The van der Waals surface area contributed by atoms with Crippen molar-refractivity contribution in [3.63, 3.8) is 0 Å². The summed E-state index contributed by atoms with van der Waals surface area (Å²) in [4.78, 5) is 2.67. The van der Waals surface area contributed by atoms with Crippen molar-refractivity contribution in [2.24, 2.45) is 0 Å². The average Bonchev–Trinajstić information content (AvgIpc) is 3.09. The zero-order chi connectivity index (χ0) is 32.7. The van der Waals surface area contributed by atoms with Gasteiger partial charge in [0, 0.05) is 22.2 Å². The minimum Gasteiger partial charge on any atom is -0.309 e. The van der Waals surface area contributed by atoms with Crippen LogP contribution in [-0.4, -0.2) is 0 Å². The fraction of sp³-hybridized carbons (Fsp3) is 0.234. The van der Waals surface area contributed by atoms with Gasteiger partial charge >= 0.3 is 0 Å². The van der Waals surface area contributed by atoms with E-state index < -0.39 is 0 Å². The number of para-hydroxylation sites is 2. The lowest BCUT2D eigenvalue weighted by Gasteiger charge is -2.55. The van der Waals surface area contributed by atoms with Crippen LogP contribution in [0.5, 0.6) is 0 Å². The molecule has 10 rings (SSSR count). The van der Waals surface area contributed by atoms with Crippen molar-refractivity contribution in [1.29, 1.82) is 0 Å². The number of fused-ring (bicyclic) bond motifs is 2. The molecule has 48 heavy (non-hydrogen) atoms. The van der Waals surface area contributed by atoms with Crippen LogP contribution in [0.2, 0.25) is 0 Å². The largest absolute Gasteiger partial charge is 0.309 e. The van der Waals surface area contributed by atoms with Gasteiger partial charge in [-0.25, -0.2) is 0 Å². The number of rotatable bonds is 2. The maximum absolute atomic E-state index is 2.67. The second kappa shape index (κ2) is 9.17. The first-order chi connectivity index (χ1) is 23.1. The van der Waals surface area contributed by atoms with Crippen LogP contribution in [0.4, 0.5) is 17.1 Å². The molecular formula is C47H41N. The molecule has 0 aromatic heterocycles. The van der Waals surface area contributed by atoms with Crippen LogP contribution < -0.4 is 4.90 Å². The highest BCUT2D eigenvalue weighted by atomic mass is 15.2. The molecule has 0 bridgehead atoms. The predicted octanol–water partition coefficient (Wildman–Crippen LogP) is 12.6. The summed E-state index contributed by atoms with van der Waals surface area (Å²) < 4.78 is 0. The summed E-state index contributed by atoms with van der Waals surface area (Å²) in [6.07, 6.45) is 10.1. The van der Waals surface area contributed by atoms with Gasteiger partial charge in [0.15, 0.2) is 0 Å². The van der Waals surface area contributed by atoms with E-state index in [-0.39, 0.29) is 16.2 Å². The zero-order valence-electron chi connectivity index (χ0n) is 28.8. The molecule has 0 fully saturated rings. The van der Waals surface area contributed by atoms with E-state index in [1.54, 1.807) is 0 Å². The van der Waals surface area contributed by atoms with Gasteiger partial charge in [-0.1, -0.05) is 151 Å². The van der Waals surface area contributed by atoms with E-state index in [9.17, 15) is 0 Å². The van der Waals surface area contributed by atoms with Crippen molar-refractivity contribution in [3.8, 4) is 11.1 Å². The Bertz CT molecular complexity index is 2320. The van der Waals surface area contributed by atoms with Gasteiger partial charge in [-0.15, -0.1) is 0 Å². The Morgan fingerprint density at radius 3 is 1.40 bits per heavy atom. The smallest absolute Gasteiger partial charge is 0.0544 e. The second-order valence-electron chi connectivity index (χ2n) is 16.1. The summed E-state index contributed by atoms with van der Waals surface area (Å²) in [6, 6.07) is 37.6. The Balaban J connectivity index is 1.34. The van der Waals surface area contributed by atoms with Crippen molar-refractivity contribution in [3.05, 3.63) is 160 Å². The van der Waals surface area contributed by atoms with Crippen LogP contribution in [-0.2, 0) is 16.2 Å². The lowest BCUT2D eigenvalue weighted by atomic mass is 9.60. The molecule has 0 saturated heterocycles. The van der Waals surface area contributed by atoms with Gasteiger partial charge in [-0.2, -0.15) is 0 Å². The highest BCUT2D eigenvalue weighted by Gasteiger charge is 2.51. The van der Waals surface area contributed by atoms with E-state index in [1.807, 2.05) is 0 Å². The molecule has 3 aliphatic heterocycles. The molecule has 1 nitrogen and oxygen atoms in total. The molecule has 0 radical (unpaired) electrons. The van der Waals surface area contributed by atoms with Crippen LogP contribution in [0.15, 0.2) is 121 Å². The standard InChI is InChI=1S/C47H41N/c1-45(2)34-22-14-24-36-42(34)48-43-35(45)23-15-25-37(43)47(5,6)39-27-29(26-38(44(39)48)46(36,3)4)41-32-20-12-10-18-30(32)40(28-16-8-7-9-17-28)31-19-11-13-21-33(31)41/h7-16,18-28H,17H2,1-6H3. The van der Waals surface area contributed by atoms with Crippen molar-refractivity contribution in [2.75, 3.05) is 4.90 Å². The molecule has 1 aliphatic carbocycles. The Hall–Kier alpha value is -4.88. The topological polar surface area (TPSA) is 3.24 Å². The van der Waals surface area contributed by atoms with Gasteiger partial charge in [0.25, 0.3) is 0 Å². The molecule has 234 valence electrons. The summed E-state index contributed by atoms with van der Waals surface area (Å²) in [5.74, 6) is 0.362. The Kier molecular flexibility index (Phi) is 5.38. The number of benzene rings is 6. The number of hydrogen-bond donors (Lipinski definition) is 0. The first kappa shape index (κ1) is 28.2. The molecule has 0 saturated carbocycles. The lowest BCUT2D eigenvalue weighted by Crippen LogP contribution is -2.43. The predicted molar refractivity (Wildman–Crippen MR) is 204 cm³/mol. The number of hydrogen-bond acceptors (Lipinski definition) is 1. The summed E-state index contributed by atoms with van der Waals surface area (Å²) in [7, 11) is 0. The van der Waals surface area contributed by atoms with Gasteiger partial charge in [-0.3, -0.25) is 0 Å². The summed E-state index contributed by atoms with van der Waals surface area (Å²) in [5.41, 5.74) is 16.4. The molecule has 1 unspecified atom stereocenters. The molecule has 0 spiro atoms. The molecular weight excluding hydrogens is 579 g/mol. The van der Waals surface area contributed by atoms with E-state index in [0.717, 1.165) is 6.42 Å². The van der Waals surface area contributed by atoms with Crippen LogP contribution in [0.1, 0.15) is 92.8 Å². The van der Waals surface area contributed by atoms with Crippen molar-refractivity contribution >= 4 is 38.6 Å². The van der Waals surface area contributed by atoms with Gasteiger partial charge in [0.2, 0.25) is 0 Å². The summed E-state index contributed by atoms with van der Waals surface area (Å²) in [6.45, 7) is 14.7. The number of nitrogens with zero attached hydrogens (tertiary/aromatic N) is 1. The molecule has 1 heteroatoms. The van der Waals surface area contributed by atoms with E-state index in [1.165, 1.54) is 88.7 Å². The van der Waals surface area contributed by atoms with Gasteiger partial charge in [0.1, 0.15) is 0 Å². The summed E-state index contributed by atoms with van der Waals surface area (Å²) in [5, 5.41) is 5.41. The Morgan fingerprint density at radius 1 is 0.500 bits per heavy atom. The molecule has 3 heterocycles. The zero-order valence-corrected chi connectivity index (χ0v) is 28.8. The normalized spacial score (nSPS) is 19.9. The van der Waals surface area contributed by atoms with Crippen molar-refractivity contribution in [2.45, 2.75) is 70.1 Å². The third-order valence-electron chi connectivity index (χ3n) is 12.5. The quantitative estimate of drug-likeness (QED) is 0.174. The van der Waals surface area contributed by atoms with Gasteiger partial charge in [0.05, 0.1) is 17.1 Å². The first-order valence-corrected chi connectivity index (χ1v) is 17.7. The molecule has 1 atom stereocenters. The highest BCUT2D eigenvalue weighted by molar-refractivity contribution is 6.16. The maximum Gasteiger partial charge on any atom is 0.0544 e. The van der Waals surface area contributed by atoms with E-state index in [4.69, 9.17) is 0 Å². The lowest BCUT2D eigenvalue weighted by molar-refractivity contribution is 0.567. The SMILES string of the molecule is CC1(C)c2cccc3c2N2c4c1cccc4C(C)(C)c1cc(-c4c5ccccc5c(C5C=CC=CC5)c5ccccc45)cc(c12)C3(C)C. The summed E-state index contributed by atoms with van der Waals surface area (Å²) >= 11 is 0. The minimum atomic E-state index is -0.178. The molecule has 4 aliphatic rings. The van der Waals surface area contributed by atoms with Crippen LogP contribution in [0.3, 0.4) is 0 Å². The Labute approximate surface area is 284 Å². The Morgan fingerprint density at radius 2 is 0.938 bits per heavy atom. The minimum absolute atomic E-state index is 0.0861. The average molecular weight is 620 g/mol. The number of allylic oxidation sites excluding steroid dienone is 4. The molecule has 0 amide bonds. The van der Waals surface area contributed by atoms with Crippen molar-refractivity contribution < 1.29 is 0 Å². The van der Waals surface area contributed by atoms with Crippen LogP contribution in [0, 0.1) is 0 Å². The van der Waals surface area contributed by atoms with E-state index in [0.29, 0.717) is 5.92 Å². The molecule has 6 aromatic carbocycles. The van der Waals surface area contributed by atoms with E-state index in [2.05, 4.69) is 168 Å². The molecule has 0 N–H and O–H groups in total. The second-order valence-corrected chi connectivity index (χ2v) is 16.1. The number of anilines is 3. The fourth-order valence-electron chi connectivity index (χ4n) is 10.00. The molecule has 6 aromatic rings. The van der Waals surface area contributed by atoms with Crippen LogP contribution >= 0.6 is 0 Å². The van der Waals surface area contributed by atoms with E-state index >= 15 is 0 Å². The fourth-order valence-corrected chi connectivity index (χ4v) is 10.00. The van der Waals surface area contributed by atoms with Gasteiger partial charge in [-0.05, 0) is 90.2 Å². The highest BCUT2D eigenvalue weighted by Crippen LogP contribution is 2.66. The van der Waals surface area contributed by atoms with Gasteiger partial charge < -0.3 is 4.90 Å². The van der Waals surface area contributed by atoms with Crippen LogP contribution in [0.25, 0.3) is 32.7 Å². The third kappa shape index (κ3) is 3.32. The monoisotopic (exact) mass is 619 g/mol. The first-order valence-electron chi connectivity index (χ1n) is 17.7. The third-order valence-corrected chi connectivity index (χ3v) is 12.5. The van der Waals surface area contributed by atoms with Crippen molar-refractivity contribution in [1.82, 2.24) is 0 Å².